The summed E-state index contributed by atoms with van der Waals surface area (Å²) in [5.74, 6) is 1.65. The lowest BCUT2D eigenvalue weighted by molar-refractivity contribution is -0.384. The first-order chi connectivity index (χ1) is 9.11. The van der Waals surface area contributed by atoms with Crippen LogP contribution in [0.25, 0.3) is 0 Å². The third-order valence-electron chi connectivity index (χ3n) is 2.83. The Morgan fingerprint density at radius 1 is 1.47 bits per heavy atom. The quantitative estimate of drug-likeness (QED) is 0.429. The number of thioether (sulfide) groups is 1. The van der Waals surface area contributed by atoms with Crippen molar-refractivity contribution in [2.75, 3.05) is 23.9 Å². The Morgan fingerprint density at radius 3 is 2.79 bits per heavy atom. The average Bonchev–Trinajstić information content (AvgIpc) is 2.66. The van der Waals surface area contributed by atoms with Crippen molar-refractivity contribution in [1.82, 2.24) is 9.78 Å². The minimum Gasteiger partial charge on any atom is -0.365 e. The summed E-state index contributed by atoms with van der Waals surface area (Å²) in [6.07, 6.45) is 5.69. The van der Waals surface area contributed by atoms with Crippen LogP contribution in [0.5, 0.6) is 0 Å². The standard InChI is InChI=1S/C12H22N4O2S/c1-4-7-10-11(16(17)18)12(15(2)14-10)13-8-5-6-9-19-3/h13H,4-9H2,1-3H3. The maximum Gasteiger partial charge on any atom is 0.333 e. The number of hydrogen-bond donors (Lipinski definition) is 1. The van der Waals surface area contributed by atoms with Crippen LogP contribution in [0.15, 0.2) is 0 Å². The summed E-state index contributed by atoms with van der Waals surface area (Å²) in [5, 5.41) is 18.6. The van der Waals surface area contributed by atoms with E-state index in [9.17, 15) is 10.1 Å². The summed E-state index contributed by atoms with van der Waals surface area (Å²) in [6.45, 7) is 2.74. The highest BCUT2D eigenvalue weighted by Gasteiger charge is 2.25. The van der Waals surface area contributed by atoms with Crippen LogP contribution in [0.1, 0.15) is 31.9 Å². The smallest absolute Gasteiger partial charge is 0.333 e. The highest BCUT2D eigenvalue weighted by atomic mass is 32.2. The Balaban J connectivity index is 2.72. The minimum absolute atomic E-state index is 0.134. The van der Waals surface area contributed by atoms with Crippen molar-refractivity contribution in [3.8, 4) is 0 Å². The molecule has 0 amide bonds. The van der Waals surface area contributed by atoms with Gasteiger partial charge >= 0.3 is 5.69 Å². The van der Waals surface area contributed by atoms with Gasteiger partial charge in [-0.05, 0) is 31.3 Å². The normalized spacial score (nSPS) is 10.7. The van der Waals surface area contributed by atoms with Crippen molar-refractivity contribution in [3.05, 3.63) is 15.8 Å². The molecule has 0 aromatic carbocycles. The molecule has 1 aromatic rings. The van der Waals surface area contributed by atoms with Crippen molar-refractivity contribution in [3.63, 3.8) is 0 Å². The Morgan fingerprint density at radius 2 is 2.21 bits per heavy atom. The SMILES string of the molecule is CCCc1nn(C)c(NCCCCSC)c1[N+](=O)[O-]. The predicted molar refractivity (Wildman–Crippen MR) is 80.0 cm³/mol. The summed E-state index contributed by atoms with van der Waals surface area (Å²) in [7, 11) is 1.75. The van der Waals surface area contributed by atoms with Gasteiger partial charge in [0.15, 0.2) is 0 Å². The van der Waals surface area contributed by atoms with Crippen molar-refractivity contribution in [2.24, 2.45) is 7.05 Å². The Bertz CT molecular complexity index is 420. The molecule has 0 bridgehead atoms. The van der Waals surface area contributed by atoms with Crippen molar-refractivity contribution >= 4 is 23.3 Å². The second-order valence-electron chi connectivity index (χ2n) is 4.40. The molecule has 19 heavy (non-hydrogen) atoms. The van der Waals surface area contributed by atoms with E-state index in [4.69, 9.17) is 0 Å². The number of aromatic nitrogens is 2. The first-order valence-corrected chi connectivity index (χ1v) is 7.94. The number of nitrogens with one attached hydrogen (secondary N) is 1. The van der Waals surface area contributed by atoms with Gasteiger partial charge in [-0.25, -0.2) is 4.68 Å². The van der Waals surface area contributed by atoms with Crippen LogP contribution < -0.4 is 5.32 Å². The molecule has 108 valence electrons. The van der Waals surface area contributed by atoms with Crippen LogP contribution in [-0.2, 0) is 13.5 Å². The minimum atomic E-state index is -0.331. The fourth-order valence-electron chi connectivity index (χ4n) is 1.94. The molecule has 6 nitrogen and oxygen atoms in total. The highest BCUT2D eigenvalue weighted by Crippen LogP contribution is 2.28. The Labute approximate surface area is 118 Å². The zero-order chi connectivity index (χ0) is 14.3. The molecule has 0 radical (unpaired) electrons. The van der Waals surface area contributed by atoms with Gasteiger partial charge in [0.2, 0.25) is 5.82 Å². The summed E-state index contributed by atoms with van der Waals surface area (Å²) in [4.78, 5) is 10.8. The topological polar surface area (TPSA) is 73.0 Å². The van der Waals surface area contributed by atoms with Crippen molar-refractivity contribution in [2.45, 2.75) is 32.6 Å². The van der Waals surface area contributed by atoms with Crippen LogP contribution in [0, 0.1) is 10.1 Å². The van der Waals surface area contributed by atoms with E-state index in [0.29, 0.717) is 17.9 Å². The first kappa shape index (κ1) is 15.8. The van der Waals surface area contributed by atoms with Crippen LogP contribution in [0.4, 0.5) is 11.5 Å². The third kappa shape index (κ3) is 4.41. The Hall–Kier alpha value is -1.24. The van der Waals surface area contributed by atoms with Gasteiger partial charge in [-0.3, -0.25) is 10.1 Å². The molecule has 0 saturated heterocycles. The molecule has 1 aromatic heterocycles. The van der Waals surface area contributed by atoms with Gasteiger partial charge in [0, 0.05) is 13.6 Å². The number of unbranched alkanes of at least 4 members (excludes halogenated alkanes) is 1. The van der Waals surface area contributed by atoms with Crippen molar-refractivity contribution in [1.29, 1.82) is 0 Å². The lowest BCUT2D eigenvalue weighted by atomic mass is 10.2. The lowest BCUT2D eigenvalue weighted by Gasteiger charge is -2.05. The number of hydrogen-bond acceptors (Lipinski definition) is 5. The predicted octanol–water partition coefficient (Wildman–Crippen LogP) is 2.84. The van der Waals surface area contributed by atoms with Crippen LogP contribution >= 0.6 is 11.8 Å². The maximum atomic E-state index is 11.2. The number of anilines is 1. The van der Waals surface area contributed by atoms with Gasteiger partial charge in [-0.1, -0.05) is 13.3 Å². The summed E-state index contributed by atoms with van der Waals surface area (Å²) < 4.78 is 1.58. The molecule has 7 heteroatoms. The largest absolute Gasteiger partial charge is 0.365 e. The number of nitrogens with zero attached hydrogens (tertiary/aromatic N) is 3. The molecule has 0 aliphatic rings. The maximum absolute atomic E-state index is 11.2. The van der Waals surface area contributed by atoms with Gasteiger partial charge in [0.05, 0.1) is 4.92 Å². The van der Waals surface area contributed by atoms with E-state index in [1.54, 1.807) is 11.7 Å². The second-order valence-corrected chi connectivity index (χ2v) is 5.39. The zero-order valence-corrected chi connectivity index (χ0v) is 12.6. The second kappa shape index (κ2) is 8.04. The van der Waals surface area contributed by atoms with Crippen LogP contribution in [0.2, 0.25) is 0 Å². The van der Waals surface area contributed by atoms with E-state index < -0.39 is 0 Å². The molecular weight excluding hydrogens is 264 g/mol. The molecule has 0 aliphatic heterocycles. The van der Waals surface area contributed by atoms with Gasteiger partial charge in [-0.2, -0.15) is 16.9 Å². The molecule has 1 N–H and O–H groups in total. The van der Waals surface area contributed by atoms with Crippen LogP contribution in [0.3, 0.4) is 0 Å². The van der Waals surface area contributed by atoms with Crippen LogP contribution in [-0.4, -0.2) is 33.3 Å². The molecule has 0 spiro atoms. The zero-order valence-electron chi connectivity index (χ0n) is 11.8. The number of rotatable bonds is 9. The lowest BCUT2D eigenvalue weighted by Crippen LogP contribution is -2.08. The average molecular weight is 286 g/mol. The fourth-order valence-corrected chi connectivity index (χ4v) is 2.43. The van der Waals surface area contributed by atoms with Gasteiger partial charge < -0.3 is 5.32 Å². The van der Waals surface area contributed by atoms with Crippen molar-refractivity contribution < 1.29 is 4.92 Å². The summed E-state index contributed by atoms with van der Waals surface area (Å²) >= 11 is 1.82. The van der Waals surface area contributed by atoms with E-state index >= 15 is 0 Å². The molecule has 0 fully saturated rings. The first-order valence-electron chi connectivity index (χ1n) is 6.54. The van der Waals surface area contributed by atoms with Gasteiger partial charge in [0.1, 0.15) is 5.69 Å². The number of aryl methyl sites for hydroxylation is 2. The Kier molecular flexibility index (Phi) is 6.69. The highest BCUT2D eigenvalue weighted by molar-refractivity contribution is 7.98. The van der Waals surface area contributed by atoms with E-state index in [-0.39, 0.29) is 10.6 Å². The molecule has 0 atom stereocenters. The van der Waals surface area contributed by atoms with E-state index in [1.807, 2.05) is 18.7 Å². The summed E-state index contributed by atoms with van der Waals surface area (Å²) in [6, 6.07) is 0. The fraction of sp³-hybridized carbons (Fsp3) is 0.750. The molecular formula is C12H22N4O2S. The molecule has 1 heterocycles. The third-order valence-corrected chi connectivity index (χ3v) is 3.53. The van der Waals surface area contributed by atoms with E-state index in [2.05, 4.69) is 16.7 Å². The summed E-state index contributed by atoms with van der Waals surface area (Å²) in [5.41, 5.74) is 0.704. The van der Waals surface area contributed by atoms with Gasteiger partial charge in [0.25, 0.3) is 0 Å². The monoisotopic (exact) mass is 286 g/mol. The molecule has 1 rings (SSSR count). The molecule has 0 unspecified atom stereocenters. The van der Waals surface area contributed by atoms with Gasteiger partial charge in [-0.15, -0.1) is 0 Å². The molecule has 0 aliphatic carbocycles. The molecule has 0 saturated carbocycles. The number of nitro groups is 1. The van der Waals surface area contributed by atoms with E-state index in [0.717, 1.165) is 31.6 Å². The van der Waals surface area contributed by atoms with E-state index in [1.165, 1.54) is 0 Å².